The standard InChI is InChI=1S/C14H14N4S/c1-9(2)17-18-14-16-13(8-19-14)11-7-15-12-6-4-3-5-10(11)12/h3-8,15H,1-2H3,(H,16,18). The number of nitrogens with one attached hydrogen (secondary N) is 2. The van der Waals surface area contributed by atoms with Crippen molar-refractivity contribution in [2.24, 2.45) is 5.10 Å². The van der Waals surface area contributed by atoms with Crippen LogP contribution in [0.25, 0.3) is 22.2 Å². The summed E-state index contributed by atoms with van der Waals surface area (Å²) in [6.07, 6.45) is 2.00. The Hall–Kier alpha value is -2.14. The average molecular weight is 270 g/mol. The van der Waals surface area contributed by atoms with Gasteiger partial charge in [-0.3, -0.25) is 5.43 Å². The SMILES string of the molecule is CC(C)=NNc1nc(-c2c[nH]c3ccccc23)cs1. The predicted molar refractivity (Wildman–Crippen MR) is 81.8 cm³/mol. The molecule has 0 saturated heterocycles. The summed E-state index contributed by atoms with van der Waals surface area (Å²) >= 11 is 1.56. The summed E-state index contributed by atoms with van der Waals surface area (Å²) in [5, 5.41) is 8.20. The van der Waals surface area contributed by atoms with Crippen molar-refractivity contribution in [1.82, 2.24) is 9.97 Å². The van der Waals surface area contributed by atoms with E-state index in [2.05, 4.69) is 32.6 Å². The number of aromatic amines is 1. The van der Waals surface area contributed by atoms with Crippen molar-refractivity contribution < 1.29 is 0 Å². The van der Waals surface area contributed by atoms with Crippen molar-refractivity contribution in [2.45, 2.75) is 13.8 Å². The topological polar surface area (TPSA) is 53.1 Å². The molecule has 0 aliphatic carbocycles. The fourth-order valence-electron chi connectivity index (χ4n) is 1.89. The first-order valence-corrected chi connectivity index (χ1v) is 6.91. The Kier molecular flexibility index (Phi) is 3.05. The quantitative estimate of drug-likeness (QED) is 0.556. The summed E-state index contributed by atoms with van der Waals surface area (Å²) in [4.78, 5) is 7.82. The molecule has 2 aromatic heterocycles. The van der Waals surface area contributed by atoms with E-state index in [1.165, 1.54) is 5.39 Å². The molecule has 0 amide bonds. The lowest BCUT2D eigenvalue weighted by Crippen LogP contribution is -1.91. The maximum atomic E-state index is 4.56. The van der Waals surface area contributed by atoms with Crippen LogP contribution in [0.15, 0.2) is 40.9 Å². The van der Waals surface area contributed by atoms with Crippen LogP contribution in [0.4, 0.5) is 5.13 Å². The first-order chi connectivity index (χ1) is 9.24. The van der Waals surface area contributed by atoms with E-state index in [1.807, 2.05) is 37.6 Å². The molecule has 0 radical (unpaired) electrons. The number of para-hydroxylation sites is 1. The van der Waals surface area contributed by atoms with E-state index in [1.54, 1.807) is 11.3 Å². The number of hydrogen-bond donors (Lipinski definition) is 2. The molecule has 0 bridgehead atoms. The monoisotopic (exact) mass is 270 g/mol. The Balaban J connectivity index is 1.96. The summed E-state index contributed by atoms with van der Waals surface area (Å²) in [5.41, 5.74) is 7.15. The molecule has 96 valence electrons. The molecule has 0 saturated carbocycles. The Morgan fingerprint density at radius 3 is 3.00 bits per heavy atom. The second-order valence-corrected chi connectivity index (χ2v) is 5.31. The highest BCUT2D eigenvalue weighted by Gasteiger charge is 2.09. The van der Waals surface area contributed by atoms with Crippen LogP contribution in [0.3, 0.4) is 0 Å². The summed E-state index contributed by atoms with van der Waals surface area (Å²) in [6.45, 7) is 3.89. The molecular formula is C14H14N4S. The van der Waals surface area contributed by atoms with Gasteiger partial charge in [0, 0.05) is 33.8 Å². The summed E-state index contributed by atoms with van der Waals surface area (Å²) in [7, 11) is 0. The molecular weight excluding hydrogens is 256 g/mol. The number of nitrogens with zero attached hydrogens (tertiary/aromatic N) is 2. The van der Waals surface area contributed by atoms with Crippen molar-refractivity contribution in [3.63, 3.8) is 0 Å². The van der Waals surface area contributed by atoms with Crippen LogP contribution in [-0.4, -0.2) is 15.7 Å². The summed E-state index contributed by atoms with van der Waals surface area (Å²) in [6, 6.07) is 8.22. The van der Waals surface area contributed by atoms with Gasteiger partial charge in [0.25, 0.3) is 0 Å². The van der Waals surface area contributed by atoms with Gasteiger partial charge >= 0.3 is 0 Å². The van der Waals surface area contributed by atoms with Crippen LogP contribution < -0.4 is 5.43 Å². The number of fused-ring (bicyclic) bond motifs is 1. The van der Waals surface area contributed by atoms with E-state index in [0.29, 0.717) is 0 Å². The van der Waals surface area contributed by atoms with Crippen LogP contribution in [0.5, 0.6) is 0 Å². The third kappa shape index (κ3) is 2.37. The van der Waals surface area contributed by atoms with Gasteiger partial charge in [0.15, 0.2) is 0 Å². The fraction of sp³-hybridized carbons (Fsp3) is 0.143. The Labute approximate surface area is 115 Å². The number of hydrogen-bond acceptors (Lipinski definition) is 4. The molecule has 4 nitrogen and oxygen atoms in total. The van der Waals surface area contributed by atoms with Gasteiger partial charge in [0.2, 0.25) is 5.13 Å². The second kappa shape index (κ2) is 4.85. The molecule has 5 heteroatoms. The lowest BCUT2D eigenvalue weighted by Gasteiger charge is -1.95. The zero-order chi connectivity index (χ0) is 13.2. The fourth-order valence-corrected chi connectivity index (χ4v) is 2.54. The van der Waals surface area contributed by atoms with Crippen LogP contribution in [0.2, 0.25) is 0 Å². The molecule has 1 aromatic carbocycles. The Morgan fingerprint density at radius 1 is 1.32 bits per heavy atom. The molecule has 19 heavy (non-hydrogen) atoms. The van der Waals surface area contributed by atoms with Crippen molar-refractivity contribution in [2.75, 3.05) is 5.43 Å². The first kappa shape index (κ1) is 11.9. The van der Waals surface area contributed by atoms with Gasteiger partial charge in [-0.05, 0) is 19.9 Å². The Bertz CT molecular complexity index is 735. The third-order valence-electron chi connectivity index (χ3n) is 2.74. The minimum atomic E-state index is 0.807. The van der Waals surface area contributed by atoms with Crippen molar-refractivity contribution in [3.05, 3.63) is 35.8 Å². The molecule has 0 fully saturated rings. The van der Waals surface area contributed by atoms with Gasteiger partial charge < -0.3 is 4.98 Å². The summed E-state index contributed by atoms with van der Waals surface area (Å²) in [5.74, 6) is 0. The zero-order valence-electron chi connectivity index (χ0n) is 10.8. The van der Waals surface area contributed by atoms with E-state index in [0.717, 1.165) is 27.6 Å². The van der Waals surface area contributed by atoms with Gasteiger partial charge in [-0.25, -0.2) is 4.98 Å². The van der Waals surface area contributed by atoms with Crippen LogP contribution in [-0.2, 0) is 0 Å². The molecule has 0 unspecified atom stereocenters. The molecule has 2 heterocycles. The Morgan fingerprint density at radius 2 is 2.16 bits per heavy atom. The number of rotatable bonds is 3. The smallest absolute Gasteiger partial charge is 0.203 e. The van der Waals surface area contributed by atoms with Crippen LogP contribution in [0.1, 0.15) is 13.8 Å². The van der Waals surface area contributed by atoms with Gasteiger partial charge in [-0.1, -0.05) is 18.2 Å². The van der Waals surface area contributed by atoms with Crippen molar-refractivity contribution in [1.29, 1.82) is 0 Å². The normalized spacial score (nSPS) is 10.6. The maximum absolute atomic E-state index is 4.56. The van der Waals surface area contributed by atoms with Crippen LogP contribution in [0, 0.1) is 0 Å². The zero-order valence-corrected chi connectivity index (χ0v) is 11.6. The highest BCUT2D eigenvalue weighted by Crippen LogP contribution is 2.30. The van der Waals surface area contributed by atoms with E-state index >= 15 is 0 Å². The highest BCUT2D eigenvalue weighted by atomic mass is 32.1. The molecule has 3 rings (SSSR count). The molecule has 0 atom stereocenters. The first-order valence-electron chi connectivity index (χ1n) is 6.03. The lowest BCUT2D eigenvalue weighted by molar-refractivity contribution is 1.27. The minimum absolute atomic E-state index is 0.807. The van der Waals surface area contributed by atoms with Gasteiger partial charge in [0.1, 0.15) is 0 Å². The number of H-pyrrole nitrogens is 1. The van der Waals surface area contributed by atoms with Gasteiger partial charge in [-0.15, -0.1) is 11.3 Å². The lowest BCUT2D eigenvalue weighted by atomic mass is 10.1. The van der Waals surface area contributed by atoms with Crippen molar-refractivity contribution >= 4 is 33.1 Å². The van der Waals surface area contributed by atoms with Crippen LogP contribution >= 0.6 is 11.3 Å². The van der Waals surface area contributed by atoms with Gasteiger partial charge in [0.05, 0.1) is 5.69 Å². The molecule has 3 aromatic rings. The number of anilines is 1. The predicted octanol–water partition coefficient (Wildman–Crippen LogP) is 4.10. The van der Waals surface area contributed by atoms with E-state index in [4.69, 9.17) is 0 Å². The summed E-state index contributed by atoms with van der Waals surface area (Å²) < 4.78 is 0. The average Bonchev–Trinajstić information content (AvgIpc) is 3.02. The largest absolute Gasteiger partial charge is 0.360 e. The number of hydrazone groups is 1. The minimum Gasteiger partial charge on any atom is -0.360 e. The molecule has 0 aliphatic rings. The molecule has 2 N–H and O–H groups in total. The van der Waals surface area contributed by atoms with Gasteiger partial charge in [-0.2, -0.15) is 5.10 Å². The highest BCUT2D eigenvalue weighted by molar-refractivity contribution is 7.14. The van der Waals surface area contributed by atoms with E-state index < -0.39 is 0 Å². The molecule has 0 spiro atoms. The van der Waals surface area contributed by atoms with E-state index in [9.17, 15) is 0 Å². The number of aromatic nitrogens is 2. The van der Waals surface area contributed by atoms with E-state index in [-0.39, 0.29) is 0 Å². The van der Waals surface area contributed by atoms with Crippen molar-refractivity contribution in [3.8, 4) is 11.3 Å². The third-order valence-corrected chi connectivity index (χ3v) is 3.49. The second-order valence-electron chi connectivity index (χ2n) is 4.46. The molecule has 0 aliphatic heterocycles. The number of benzene rings is 1. The maximum Gasteiger partial charge on any atom is 0.203 e. The number of thiazole rings is 1.